The van der Waals surface area contributed by atoms with Crippen LogP contribution in [0.1, 0.15) is 28.7 Å². The fraction of sp³-hybridized carbons (Fsp3) is 0.300. The van der Waals surface area contributed by atoms with E-state index in [0.29, 0.717) is 17.4 Å². The standard InChI is InChI=1S/C20H22N4O2/c1-13-10-14(2)17(15(3)11-13)12-21-19(25)8-9-24-20(26)16-6-4-5-7-18(16)22-23-24/h4-7,10-11H,8-9,12H2,1-3H3,(H,21,25). The summed E-state index contributed by atoms with van der Waals surface area (Å²) < 4.78 is 1.24. The molecule has 0 aliphatic heterocycles. The van der Waals surface area contributed by atoms with Gasteiger partial charge in [-0.05, 0) is 49.6 Å². The van der Waals surface area contributed by atoms with Crippen molar-refractivity contribution in [2.75, 3.05) is 0 Å². The lowest BCUT2D eigenvalue weighted by Crippen LogP contribution is -2.29. The van der Waals surface area contributed by atoms with Crippen LogP contribution in [-0.4, -0.2) is 20.9 Å². The van der Waals surface area contributed by atoms with Crippen molar-refractivity contribution >= 4 is 16.8 Å². The van der Waals surface area contributed by atoms with E-state index >= 15 is 0 Å². The Labute approximate surface area is 151 Å². The largest absolute Gasteiger partial charge is 0.352 e. The number of nitrogens with one attached hydrogen (secondary N) is 1. The first-order valence-electron chi connectivity index (χ1n) is 8.61. The van der Waals surface area contributed by atoms with E-state index in [1.165, 1.54) is 21.4 Å². The van der Waals surface area contributed by atoms with E-state index in [1.54, 1.807) is 18.2 Å². The zero-order valence-electron chi connectivity index (χ0n) is 15.2. The lowest BCUT2D eigenvalue weighted by molar-refractivity contribution is -0.121. The molecule has 0 fully saturated rings. The van der Waals surface area contributed by atoms with E-state index in [0.717, 1.165) is 5.56 Å². The first-order valence-corrected chi connectivity index (χ1v) is 8.61. The molecule has 3 aromatic rings. The molecule has 0 saturated heterocycles. The number of nitrogens with zero attached hydrogens (tertiary/aromatic N) is 3. The Kier molecular flexibility index (Phi) is 5.11. The first kappa shape index (κ1) is 17.8. The monoisotopic (exact) mass is 350 g/mol. The van der Waals surface area contributed by atoms with Gasteiger partial charge in [-0.3, -0.25) is 9.59 Å². The van der Waals surface area contributed by atoms with Gasteiger partial charge in [0, 0.05) is 13.0 Å². The second-order valence-electron chi connectivity index (χ2n) is 6.54. The third-order valence-electron chi connectivity index (χ3n) is 4.48. The molecule has 0 aliphatic rings. The summed E-state index contributed by atoms with van der Waals surface area (Å²) in [5, 5.41) is 11.4. The Bertz CT molecular complexity index is 1000. The Morgan fingerprint density at radius 1 is 1.12 bits per heavy atom. The molecule has 0 atom stereocenters. The van der Waals surface area contributed by atoms with Crippen LogP contribution in [0.2, 0.25) is 0 Å². The molecule has 0 aliphatic carbocycles. The zero-order valence-corrected chi connectivity index (χ0v) is 15.2. The van der Waals surface area contributed by atoms with Crippen molar-refractivity contribution in [2.24, 2.45) is 0 Å². The second-order valence-corrected chi connectivity index (χ2v) is 6.54. The van der Waals surface area contributed by atoms with Crippen LogP contribution in [0.4, 0.5) is 0 Å². The van der Waals surface area contributed by atoms with E-state index < -0.39 is 0 Å². The molecule has 0 radical (unpaired) electrons. The van der Waals surface area contributed by atoms with Gasteiger partial charge in [0.15, 0.2) is 0 Å². The summed E-state index contributed by atoms with van der Waals surface area (Å²) in [4.78, 5) is 24.5. The van der Waals surface area contributed by atoms with E-state index in [1.807, 2.05) is 19.9 Å². The highest BCUT2D eigenvalue weighted by Gasteiger charge is 2.09. The van der Waals surface area contributed by atoms with Gasteiger partial charge < -0.3 is 5.32 Å². The van der Waals surface area contributed by atoms with Gasteiger partial charge in [0.1, 0.15) is 5.52 Å². The number of hydrogen-bond donors (Lipinski definition) is 1. The van der Waals surface area contributed by atoms with E-state index in [9.17, 15) is 9.59 Å². The summed E-state index contributed by atoms with van der Waals surface area (Å²) in [6.07, 6.45) is 0.177. The molecule has 1 heterocycles. The number of fused-ring (bicyclic) bond motifs is 1. The number of carbonyl (C=O) groups is 1. The summed E-state index contributed by atoms with van der Waals surface area (Å²) in [6.45, 7) is 6.84. The third-order valence-corrected chi connectivity index (χ3v) is 4.48. The van der Waals surface area contributed by atoms with Crippen molar-refractivity contribution < 1.29 is 4.79 Å². The molecule has 2 aromatic carbocycles. The molecule has 6 nitrogen and oxygen atoms in total. The fourth-order valence-corrected chi connectivity index (χ4v) is 3.14. The van der Waals surface area contributed by atoms with Gasteiger partial charge in [-0.1, -0.05) is 35.0 Å². The summed E-state index contributed by atoms with van der Waals surface area (Å²) in [7, 11) is 0. The normalized spacial score (nSPS) is 10.9. The molecule has 0 unspecified atom stereocenters. The maximum absolute atomic E-state index is 12.4. The molecule has 0 saturated carbocycles. The van der Waals surface area contributed by atoms with Gasteiger partial charge in [-0.2, -0.15) is 0 Å². The van der Waals surface area contributed by atoms with Crippen LogP contribution in [0.25, 0.3) is 10.9 Å². The molecule has 3 rings (SSSR count). The molecule has 1 aromatic heterocycles. The number of carbonyl (C=O) groups excluding carboxylic acids is 1. The zero-order chi connectivity index (χ0) is 18.7. The highest BCUT2D eigenvalue weighted by molar-refractivity contribution is 5.77. The van der Waals surface area contributed by atoms with Crippen molar-refractivity contribution in [1.29, 1.82) is 0 Å². The van der Waals surface area contributed by atoms with Crippen LogP contribution in [0.5, 0.6) is 0 Å². The SMILES string of the molecule is Cc1cc(C)c(CNC(=O)CCn2nnc3ccccc3c2=O)c(C)c1. The number of hydrogen-bond acceptors (Lipinski definition) is 4. The minimum absolute atomic E-state index is 0.119. The van der Waals surface area contributed by atoms with E-state index in [2.05, 4.69) is 34.7 Å². The quantitative estimate of drug-likeness (QED) is 0.767. The highest BCUT2D eigenvalue weighted by Crippen LogP contribution is 2.16. The summed E-state index contributed by atoms with van der Waals surface area (Å²) >= 11 is 0. The smallest absolute Gasteiger partial charge is 0.277 e. The lowest BCUT2D eigenvalue weighted by atomic mass is 10.00. The van der Waals surface area contributed by atoms with Crippen LogP contribution < -0.4 is 10.9 Å². The van der Waals surface area contributed by atoms with E-state index in [4.69, 9.17) is 0 Å². The molecule has 0 spiro atoms. The number of benzene rings is 2. The molecular weight excluding hydrogens is 328 g/mol. The van der Waals surface area contributed by atoms with Gasteiger partial charge in [-0.15, -0.1) is 5.10 Å². The fourth-order valence-electron chi connectivity index (χ4n) is 3.14. The minimum Gasteiger partial charge on any atom is -0.352 e. The number of rotatable bonds is 5. The summed E-state index contributed by atoms with van der Waals surface area (Å²) in [5.41, 5.74) is 5.01. The molecule has 26 heavy (non-hydrogen) atoms. The number of amides is 1. The topological polar surface area (TPSA) is 76.9 Å². The van der Waals surface area contributed by atoms with Crippen molar-refractivity contribution in [1.82, 2.24) is 20.3 Å². The Balaban J connectivity index is 1.63. The Morgan fingerprint density at radius 2 is 1.81 bits per heavy atom. The van der Waals surface area contributed by atoms with Crippen LogP contribution in [-0.2, 0) is 17.9 Å². The minimum atomic E-state index is -0.228. The molecule has 6 heteroatoms. The Hall–Kier alpha value is -3.02. The van der Waals surface area contributed by atoms with Gasteiger partial charge >= 0.3 is 0 Å². The summed E-state index contributed by atoms with van der Waals surface area (Å²) in [5.74, 6) is -0.119. The van der Waals surface area contributed by atoms with Crippen molar-refractivity contribution in [3.8, 4) is 0 Å². The first-order chi connectivity index (χ1) is 12.5. The molecular formula is C20H22N4O2. The maximum atomic E-state index is 12.4. The lowest BCUT2D eigenvalue weighted by Gasteiger charge is -2.12. The number of aryl methyl sites for hydroxylation is 4. The van der Waals surface area contributed by atoms with Crippen LogP contribution in [0, 0.1) is 20.8 Å². The molecule has 134 valence electrons. The van der Waals surface area contributed by atoms with E-state index in [-0.39, 0.29) is 24.4 Å². The van der Waals surface area contributed by atoms with Crippen molar-refractivity contribution in [3.05, 3.63) is 69.0 Å². The van der Waals surface area contributed by atoms with Crippen LogP contribution in [0.3, 0.4) is 0 Å². The second kappa shape index (κ2) is 7.47. The number of aromatic nitrogens is 3. The van der Waals surface area contributed by atoms with Crippen molar-refractivity contribution in [3.63, 3.8) is 0 Å². The van der Waals surface area contributed by atoms with Crippen LogP contribution >= 0.6 is 0 Å². The van der Waals surface area contributed by atoms with Gasteiger partial charge in [-0.25, -0.2) is 4.68 Å². The predicted octanol–water partition coefficient (Wildman–Crippen LogP) is 2.42. The van der Waals surface area contributed by atoms with Crippen LogP contribution in [0.15, 0.2) is 41.2 Å². The average molecular weight is 350 g/mol. The maximum Gasteiger partial charge on any atom is 0.277 e. The molecule has 0 bridgehead atoms. The molecule has 1 amide bonds. The van der Waals surface area contributed by atoms with Crippen molar-refractivity contribution in [2.45, 2.75) is 40.3 Å². The Morgan fingerprint density at radius 3 is 2.54 bits per heavy atom. The van der Waals surface area contributed by atoms with Gasteiger partial charge in [0.25, 0.3) is 5.56 Å². The summed E-state index contributed by atoms with van der Waals surface area (Å²) in [6, 6.07) is 11.3. The van der Waals surface area contributed by atoms with Gasteiger partial charge in [0.05, 0.1) is 11.9 Å². The molecule has 1 N–H and O–H groups in total. The third kappa shape index (κ3) is 3.79. The predicted molar refractivity (Wildman–Crippen MR) is 101 cm³/mol. The van der Waals surface area contributed by atoms with Gasteiger partial charge in [0.2, 0.25) is 5.91 Å². The highest BCUT2D eigenvalue weighted by atomic mass is 16.2. The average Bonchev–Trinajstić information content (AvgIpc) is 2.60.